The van der Waals surface area contributed by atoms with Gasteiger partial charge in [0.05, 0.1) is 6.20 Å². The molecule has 5 rings (SSSR count). The van der Waals surface area contributed by atoms with Gasteiger partial charge in [-0.2, -0.15) is 0 Å². The molecule has 4 aromatic rings. The molecule has 0 atom stereocenters. The third-order valence-corrected chi connectivity index (χ3v) is 5.76. The number of carbonyl (C=O) groups excluding carboxylic acids is 1. The third kappa shape index (κ3) is 4.89. The number of anilines is 1. The van der Waals surface area contributed by atoms with Crippen LogP contribution in [0.25, 0.3) is 16.7 Å². The minimum atomic E-state index is -0.279. The average Bonchev–Trinajstić information content (AvgIpc) is 3.28. The zero-order chi connectivity index (χ0) is 23.3. The second kappa shape index (κ2) is 9.72. The van der Waals surface area contributed by atoms with Crippen molar-refractivity contribution in [1.29, 1.82) is 0 Å². The van der Waals surface area contributed by atoms with Crippen molar-refractivity contribution in [2.45, 2.75) is 13.0 Å². The molecule has 0 aliphatic carbocycles. The van der Waals surface area contributed by atoms with Crippen molar-refractivity contribution < 1.29 is 9.53 Å². The summed E-state index contributed by atoms with van der Waals surface area (Å²) in [5, 5.41) is 2.72. The van der Waals surface area contributed by atoms with Gasteiger partial charge in [-0.3, -0.25) is 9.69 Å². The summed E-state index contributed by atoms with van der Waals surface area (Å²) in [5.41, 5.74) is 5.77. The Balaban J connectivity index is 1.32. The highest BCUT2D eigenvalue weighted by atomic mass is 16.5. The molecule has 0 spiro atoms. The van der Waals surface area contributed by atoms with Crippen LogP contribution >= 0.6 is 0 Å². The van der Waals surface area contributed by atoms with Gasteiger partial charge in [0.25, 0.3) is 0 Å². The molecule has 2 aromatic heterocycles. The van der Waals surface area contributed by atoms with Gasteiger partial charge < -0.3 is 15.0 Å². The number of rotatable bonds is 7. The Morgan fingerprint density at radius 2 is 2.09 bits per heavy atom. The Hall–Kier alpha value is -4.23. The molecule has 170 valence electrons. The van der Waals surface area contributed by atoms with Crippen LogP contribution in [0.4, 0.5) is 5.69 Å². The first-order valence-electron chi connectivity index (χ1n) is 11.2. The van der Waals surface area contributed by atoms with Crippen LogP contribution in [0.3, 0.4) is 0 Å². The van der Waals surface area contributed by atoms with E-state index in [-0.39, 0.29) is 5.91 Å². The van der Waals surface area contributed by atoms with Crippen LogP contribution < -0.4 is 10.1 Å². The first-order chi connectivity index (χ1) is 16.7. The average molecular weight is 452 g/mol. The lowest BCUT2D eigenvalue weighted by Gasteiger charge is -2.26. The summed E-state index contributed by atoms with van der Waals surface area (Å²) < 4.78 is 5.95. The third-order valence-electron chi connectivity index (χ3n) is 5.76. The van der Waals surface area contributed by atoms with E-state index in [1.54, 1.807) is 30.5 Å². The number of benzene rings is 2. The minimum Gasteiger partial charge on any atom is -0.437 e. The Labute approximate surface area is 197 Å². The monoisotopic (exact) mass is 451 g/mol. The quantitative estimate of drug-likeness (QED) is 0.379. The highest BCUT2D eigenvalue weighted by molar-refractivity contribution is 5.99. The summed E-state index contributed by atoms with van der Waals surface area (Å²) in [7, 11) is 0. The number of H-pyrrole nitrogens is 1. The molecule has 0 saturated heterocycles. The van der Waals surface area contributed by atoms with Crippen molar-refractivity contribution in [3.8, 4) is 11.6 Å². The Morgan fingerprint density at radius 1 is 1.21 bits per heavy atom. The van der Waals surface area contributed by atoms with Gasteiger partial charge in [0.2, 0.25) is 11.8 Å². The molecule has 2 aromatic carbocycles. The van der Waals surface area contributed by atoms with Crippen LogP contribution in [0.15, 0.2) is 85.7 Å². The van der Waals surface area contributed by atoms with E-state index in [4.69, 9.17) is 9.72 Å². The van der Waals surface area contributed by atoms with Crippen LogP contribution in [0, 0.1) is 0 Å². The SMILES string of the molecule is C=CC(=O)Nc1cccc(Oc2cnc3[nH]cc(C4=CCN(Cc5ccccc5)CC4)c3n2)c1. The molecule has 0 saturated carbocycles. The lowest BCUT2D eigenvalue weighted by molar-refractivity contribution is -0.111. The Bertz CT molecular complexity index is 1360. The summed E-state index contributed by atoms with van der Waals surface area (Å²) in [4.78, 5) is 26.4. The topological polar surface area (TPSA) is 83.1 Å². The van der Waals surface area contributed by atoms with Crippen LogP contribution in [-0.2, 0) is 11.3 Å². The second-order valence-electron chi connectivity index (χ2n) is 8.13. The van der Waals surface area contributed by atoms with Crippen LogP contribution in [0.2, 0.25) is 0 Å². The number of nitrogens with one attached hydrogen (secondary N) is 2. The van der Waals surface area contributed by atoms with Crippen molar-refractivity contribution >= 4 is 28.3 Å². The summed E-state index contributed by atoms with van der Waals surface area (Å²) in [5.74, 6) is 0.669. The van der Waals surface area contributed by atoms with Gasteiger partial charge in [-0.1, -0.05) is 49.1 Å². The van der Waals surface area contributed by atoms with E-state index < -0.39 is 0 Å². The lowest BCUT2D eigenvalue weighted by Crippen LogP contribution is -2.27. The predicted molar refractivity (Wildman–Crippen MR) is 134 cm³/mol. The summed E-state index contributed by atoms with van der Waals surface area (Å²) in [6.07, 6.45) is 8.00. The zero-order valence-electron chi connectivity index (χ0n) is 18.7. The summed E-state index contributed by atoms with van der Waals surface area (Å²) >= 11 is 0. The molecule has 0 bridgehead atoms. The van der Waals surface area contributed by atoms with Crippen molar-refractivity contribution in [2.24, 2.45) is 0 Å². The summed E-state index contributed by atoms with van der Waals surface area (Å²) in [6.45, 7) is 6.29. The summed E-state index contributed by atoms with van der Waals surface area (Å²) in [6, 6.07) is 17.7. The highest BCUT2D eigenvalue weighted by Crippen LogP contribution is 2.30. The number of ether oxygens (including phenoxy) is 1. The maximum atomic E-state index is 11.6. The molecule has 7 nitrogen and oxygen atoms in total. The van der Waals surface area contributed by atoms with E-state index >= 15 is 0 Å². The standard InChI is InChI=1S/C27H25N5O2/c1-2-24(33)30-21-9-6-10-22(15-21)34-25-17-29-27-26(31-25)23(16-28-27)20-11-13-32(14-12-20)18-19-7-4-3-5-8-19/h2-11,15-17H,1,12-14,18H2,(H,28,29)(H,30,33). The number of hydrogen-bond donors (Lipinski definition) is 2. The molecule has 34 heavy (non-hydrogen) atoms. The number of hydrogen-bond acceptors (Lipinski definition) is 5. The minimum absolute atomic E-state index is 0.279. The largest absolute Gasteiger partial charge is 0.437 e. The molecule has 0 radical (unpaired) electrons. The van der Waals surface area contributed by atoms with E-state index in [1.165, 1.54) is 17.2 Å². The molecule has 1 amide bonds. The first kappa shape index (κ1) is 21.6. The van der Waals surface area contributed by atoms with E-state index in [9.17, 15) is 4.79 Å². The molecule has 0 fully saturated rings. The first-order valence-corrected chi connectivity index (χ1v) is 11.2. The van der Waals surface area contributed by atoms with Gasteiger partial charge in [-0.25, -0.2) is 9.97 Å². The van der Waals surface area contributed by atoms with Crippen molar-refractivity contribution in [3.63, 3.8) is 0 Å². The molecular weight excluding hydrogens is 426 g/mol. The molecule has 7 heteroatoms. The van der Waals surface area contributed by atoms with E-state index in [0.29, 0.717) is 17.3 Å². The molecule has 1 aliphatic rings. The second-order valence-corrected chi connectivity index (χ2v) is 8.13. The van der Waals surface area contributed by atoms with E-state index in [2.05, 4.69) is 57.1 Å². The lowest BCUT2D eigenvalue weighted by atomic mass is 10.0. The van der Waals surface area contributed by atoms with Gasteiger partial charge in [-0.05, 0) is 35.8 Å². The Kier molecular flexibility index (Phi) is 6.18. The molecule has 3 heterocycles. The number of aromatic amines is 1. The van der Waals surface area contributed by atoms with E-state index in [1.807, 2.05) is 12.3 Å². The normalized spacial score (nSPS) is 13.9. The number of carbonyl (C=O) groups is 1. The van der Waals surface area contributed by atoms with Crippen LogP contribution in [0.5, 0.6) is 11.6 Å². The fraction of sp³-hybridized carbons (Fsp3) is 0.148. The predicted octanol–water partition coefficient (Wildman–Crippen LogP) is 5.16. The number of fused-ring (bicyclic) bond motifs is 1. The van der Waals surface area contributed by atoms with Crippen molar-refractivity contribution in [3.05, 3.63) is 96.8 Å². The van der Waals surface area contributed by atoms with Gasteiger partial charge in [0.1, 0.15) is 11.3 Å². The van der Waals surface area contributed by atoms with Gasteiger partial charge in [-0.15, -0.1) is 0 Å². The highest BCUT2D eigenvalue weighted by Gasteiger charge is 2.18. The molecule has 0 unspecified atom stereocenters. The van der Waals surface area contributed by atoms with Gasteiger partial charge >= 0.3 is 0 Å². The Morgan fingerprint density at radius 3 is 2.88 bits per heavy atom. The number of nitrogens with zero attached hydrogens (tertiary/aromatic N) is 3. The van der Waals surface area contributed by atoms with Crippen LogP contribution in [-0.4, -0.2) is 38.8 Å². The van der Waals surface area contributed by atoms with Crippen molar-refractivity contribution in [1.82, 2.24) is 19.9 Å². The smallest absolute Gasteiger partial charge is 0.247 e. The van der Waals surface area contributed by atoms with Gasteiger partial charge in [0.15, 0.2) is 5.65 Å². The van der Waals surface area contributed by atoms with Gasteiger partial charge in [0, 0.05) is 43.1 Å². The molecule has 1 aliphatic heterocycles. The van der Waals surface area contributed by atoms with Crippen LogP contribution in [0.1, 0.15) is 17.5 Å². The van der Waals surface area contributed by atoms with Crippen molar-refractivity contribution in [2.75, 3.05) is 18.4 Å². The fourth-order valence-corrected chi connectivity index (χ4v) is 4.06. The maximum absolute atomic E-state index is 11.6. The maximum Gasteiger partial charge on any atom is 0.247 e. The molecule has 2 N–H and O–H groups in total. The number of amides is 1. The van der Waals surface area contributed by atoms with E-state index in [0.717, 1.165) is 42.8 Å². The zero-order valence-corrected chi connectivity index (χ0v) is 18.7. The number of aromatic nitrogens is 3. The molecular formula is C27H25N5O2. The fourth-order valence-electron chi connectivity index (χ4n) is 4.06.